The Kier molecular flexibility index (Phi) is 12.9. The third-order valence-corrected chi connectivity index (χ3v) is 6.52. The fourth-order valence-electron chi connectivity index (χ4n) is 3.64. The predicted octanol–water partition coefficient (Wildman–Crippen LogP) is 7.09. The Bertz CT molecular complexity index is 1270. The lowest BCUT2D eigenvalue weighted by Gasteiger charge is -2.16. The van der Waals surface area contributed by atoms with Crippen LogP contribution in [0.5, 0.6) is 5.75 Å². The first-order valence-corrected chi connectivity index (χ1v) is 14.3. The average Bonchev–Trinajstić information content (AvgIpc) is 2.97. The van der Waals surface area contributed by atoms with Crippen molar-refractivity contribution in [2.75, 3.05) is 30.4 Å². The summed E-state index contributed by atoms with van der Waals surface area (Å²) in [6.07, 6.45) is 4.23. The second-order valence-corrected chi connectivity index (χ2v) is 9.93. The molecule has 0 saturated heterocycles. The van der Waals surface area contributed by atoms with E-state index in [1.807, 2.05) is 0 Å². The highest BCUT2D eigenvalue weighted by atomic mass is 79.9. The number of nitrogens with one attached hydrogen (secondary N) is 3. The molecular weight excluding hydrogens is 592 g/mol. The number of unbranched alkanes of at least 4 members (excludes halogenated alkanes) is 3. The number of benzene rings is 2. The first-order chi connectivity index (χ1) is 19.9. The summed E-state index contributed by atoms with van der Waals surface area (Å²) in [5, 5.41) is 7.97. The molecule has 0 aliphatic rings. The van der Waals surface area contributed by atoms with Crippen LogP contribution in [0.3, 0.4) is 0 Å². The van der Waals surface area contributed by atoms with Crippen molar-refractivity contribution in [2.24, 2.45) is 0 Å². The number of rotatable bonds is 14. The van der Waals surface area contributed by atoms with Crippen molar-refractivity contribution in [3.8, 4) is 5.75 Å². The number of alkyl carbamates (subject to hydrolysis) is 1. The molecule has 0 bridgehead atoms. The molecule has 0 fully saturated rings. The van der Waals surface area contributed by atoms with E-state index in [2.05, 4.69) is 43.8 Å². The molecule has 218 valence electrons. The zero-order valence-corrected chi connectivity index (χ0v) is 24.7. The molecule has 0 radical (unpaired) electrons. The summed E-state index contributed by atoms with van der Waals surface area (Å²) in [4.78, 5) is 40.6. The van der Waals surface area contributed by atoms with E-state index in [9.17, 15) is 14.4 Å². The minimum atomic E-state index is -0.657. The zero-order chi connectivity index (χ0) is 29.5. The topological polar surface area (TPSA) is 128 Å². The van der Waals surface area contributed by atoms with E-state index in [0.717, 1.165) is 18.6 Å². The van der Waals surface area contributed by atoms with Crippen molar-refractivity contribution in [2.45, 2.75) is 45.6 Å². The van der Waals surface area contributed by atoms with Gasteiger partial charge in [-0.2, -0.15) is 0 Å². The summed E-state index contributed by atoms with van der Waals surface area (Å²) in [6, 6.07) is 17.3. The number of pyridine rings is 1. The Morgan fingerprint density at radius 3 is 2.44 bits per heavy atom. The molecule has 11 heteroatoms. The van der Waals surface area contributed by atoms with Gasteiger partial charge in [0.1, 0.15) is 24.2 Å². The molecule has 41 heavy (non-hydrogen) atoms. The van der Waals surface area contributed by atoms with Crippen LogP contribution in [0.1, 0.15) is 61.7 Å². The number of aromatic nitrogens is 1. The molecular formula is C30H35BrN4O6. The van der Waals surface area contributed by atoms with Gasteiger partial charge in [0.15, 0.2) is 0 Å². The Morgan fingerprint density at radius 2 is 1.73 bits per heavy atom. The van der Waals surface area contributed by atoms with Gasteiger partial charge in [-0.05, 0) is 83.4 Å². The summed E-state index contributed by atoms with van der Waals surface area (Å²) in [6.45, 7) is 4.60. The lowest BCUT2D eigenvalue weighted by Crippen LogP contribution is -2.30. The maximum atomic E-state index is 12.3. The van der Waals surface area contributed by atoms with Crippen molar-refractivity contribution >= 4 is 45.4 Å². The molecule has 0 aliphatic carbocycles. The number of hydrogen-bond acceptors (Lipinski definition) is 7. The van der Waals surface area contributed by atoms with Crippen LogP contribution in [0, 0.1) is 0 Å². The van der Waals surface area contributed by atoms with E-state index >= 15 is 0 Å². The van der Waals surface area contributed by atoms with Crippen molar-refractivity contribution in [1.29, 1.82) is 0 Å². The molecule has 3 amide bonds. The second kappa shape index (κ2) is 16.9. The number of ether oxygens (including phenoxy) is 3. The van der Waals surface area contributed by atoms with Crippen molar-refractivity contribution in [3.05, 3.63) is 82.6 Å². The molecule has 1 heterocycles. The summed E-state index contributed by atoms with van der Waals surface area (Å²) < 4.78 is 16.8. The molecule has 3 aromatic rings. The van der Waals surface area contributed by atoms with Gasteiger partial charge in [-0.25, -0.2) is 9.59 Å². The summed E-state index contributed by atoms with van der Waals surface area (Å²) in [7, 11) is 0. The summed E-state index contributed by atoms with van der Waals surface area (Å²) in [5.41, 5.74) is 2.14. The maximum absolute atomic E-state index is 12.3. The number of amides is 3. The van der Waals surface area contributed by atoms with E-state index in [1.54, 1.807) is 73.8 Å². The maximum Gasteiger partial charge on any atom is 0.411 e. The van der Waals surface area contributed by atoms with Gasteiger partial charge in [0.25, 0.3) is 5.91 Å². The number of carbonyl (C=O) groups is 3. The van der Waals surface area contributed by atoms with E-state index in [4.69, 9.17) is 14.2 Å². The Hall–Kier alpha value is -4.12. The minimum absolute atomic E-state index is 0.0372. The standard InChI is InChI=1S/C30H35BrN4O6/c1-3-4-5-8-18-39-24-13-11-23(12-14-24)34-30(38)40-19-17-33-29(37)41-21(2)22-10-15-26(25(31)20-22)35-28(36)27-9-6-7-16-32-27/h6-7,9-16,20-21H,3-5,8,17-19H2,1-2H3,(H,33,37)(H,34,38)(H,35,36). The second-order valence-electron chi connectivity index (χ2n) is 9.08. The Labute approximate surface area is 248 Å². The van der Waals surface area contributed by atoms with Crippen LogP contribution in [-0.4, -0.2) is 42.8 Å². The number of halogens is 1. The normalized spacial score (nSPS) is 11.2. The van der Waals surface area contributed by atoms with E-state index < -0.39 is 18.3 Å². The highest BCUT2D eigenvalue weighted by Crippen LogP contribution is 2.28. The highest BCUT2D eigenvalue weighted by molar-refractivity contribution is 9.10. The fourth-order valence-corrected chi connectivity index (χ4v) is 4.14. The summed E-state index contributed by atoms with van der Waals surface area (Å²) in [5.74, 6) is 0.405. The lowest BCUT2D eigenvalue weighted by molar-refractivity contribution is 0.102. The molecule has 3 rings (SSSR count). The van der Waals surface area contributed by atoms with Gasteiger partial charge in [0, 0.05) is 16.4 Å². The van der Waals surface area contributed by atoms with E-state index in [0.29, 0.717) is 33.7 Å². The molecule has 3 N–H and O–H groups in total. The van der Waals surface area contributed by atoms with Crippen LogP contribution >= 0.6 is 15.9 Å². The van der Waals surface area contributed by atoms with Gasteiger partial charge in [-0.3, -0.25) is 15.1 Å². The lowest BCUT2D eigenvalue weighted by atomic mass is 10.1. The van der Waals surface area contributed by atoms with Gasteiger partial charge in [-0.1, -0.05) is 38.3 Å². The first kappa shape index (κ1) is 31.4. The quantitative estimate of drug-likeness (QED) is 0.163. The van der Waals surface area contributed by atoms with Crippen molar-refractivity contribution in [1.82, 2.24) is 10.3 Å². The number of hydrogen-bond donors (Lipinski definition) is 3. The van der Waals surface area contributed by atoms with Crippen LogP contribution in [0.15, 0.2) is 71.3 Å². The molecule has 10 nitrogen and oxygen atoms in total. The first-order valence-electron chi connectivity index (χ1n) is 13.5. The largest absolute Gasteiger partial charge is 0.494 e. The smallest absolute Gasteiger partial charge is 0.411 e. The third-order valence-electron chi connectivity index (χ3n) is 5.86. The van der Waals surface area contributed by atoms with Crippen LogP contribution in [0.2, 0.25) is 0 Å². The van der Waals surface area contributed by atoms with Gasteiger partial charge >= 0.3 is 12.2 Å². The Balaban J connectivity index is 1.33. The third kappa shape index (κ3) is 11.1. The monoisotopic (exact) mass is 626 g/mol. The average molecular weight is 628 g/mol. The molecule has 1 atom stereocenters. The number of anilines is 2. The Morgan fingerprint density at radius 1 is 0.927 bits per heavy atom. The van der Waals surface area contributed by atoms with E-state index in [1.165, 1.54) is 12.8 Å². The van der Waals surface area contributed by atoms with Crippen LogP contribution in [0.4, 0.5) is 21.0 Å². The summed E-state index contributed by atoms with van der Waals surface area (Å²) >= 11 is 3.44. The van der Waals surface area contributed by atoms with Gasteiger partial charge < -0.3 is 24.8 Å². The highest BCUT2D eigenvalue weighted by Gasteiger charge is 2.15. The van der Waals surface area contributed by atoms with Crippen LogP contribution in [-0.2, 0) is 9.47 Å². The SMILES string of the molecule is CCCCCCOc1ccc(NC(=O)OCCNC(=O)OC(C)c2ccc(NC(=O)c3ccccn3)c(Br)c2)cc1. The zero-order valence-electron chi connectivity index (χ0n) is 23.2. The number of nitrogens with zero attached hydrogens (tertiary/aromatic N) is 1. The van der Waals surface area contributed by atoms with Gasteiger partial charge in [-0.15, -0.1) is 0 Å². The van der Waals surface area contributed by atoms with Crippen molar-refractivity contribution < 1.29 is 28.6 Å². The van der Waals surface area contributed by atoms with Gasteiger partial charge in [0.2, 0.25) is 0 Å². The molecule has 1 aromatic heterocycles. The predicted molar refractivity (Wildman–Crippen MR) is 160 cm³/mol. The van der Waals surface area contributed by atoms with E-state index in [-0.39, 0.29) is 19.1 Å². The molecule has 0 saturated carbocycles. The van der Waals surface area contributed by atoms with Crippen molar-refractivity contribution in [3.63, 3.8) is 0 Å². The molecule has 0 spiro atoms. The minimum Gasteiger partial charge on any atom is -0.494 e. The molecule has 1 unspecified atom stereocenters. The number of carbonyl (C=O) groups excluding carboxylic acids is 3. The fraction of sp³-hybridized carbons (Fsp3) is 0.333. The van der Waals surface area contributed by atoms with Crippen LogP contribution < -0.4 is 20.7 Å². The van der Waals surface area contributed by atoms with Gasteiger partial charge in [0.05, 0.1) is 18.8 Å². The van der Waals surface area contributed by atoms with Crippen LogP contribution in [0.25, 0.3) is 0 Å². The molecule has 2 aromatic carbocycles. The molecule has 0 aliphatic heterocycles.